The number of aromatic amines is 1. The first-order valence-corrected chi connectivity index (χ1v) is 7.01. The lowest BCUT2D eigenvalue weighted by Crippen LogP contribution is -2.41. The van der Waals surface area contributed by atoms with Gasteiger partial charge in [-0.2, -0.15) is 0 Å². The van der Waals surface area contributed by atoms with Gasteiger partial charge in [-0.25, -0.2) is 0 Å². The van der Waals surface area contributed by atoms with Gasteiger partial charge in [0.25, 0.3) is 5.91 Å². The Bertz CT molecular complexity index is 479. The molecule has 1 aromatic heterocycles. The van der Waals surface area contributed by atoms with E-state index in [0.717, 1.165) is 25.0 Å². The van der Waals surface area contributed by atoms with Crippen LogP contribution in [-0.2, 0) is 0 Å². The summed E-state index contributed by atoms with van der Waals surface area (Å²) in [6.45, 7) is 8.68. The first kappa shape index (κ1) is 15.5. The predicted molar refractivity (Wildman–Crippen MR) is 77.5 cm³/mol. The fraction of sp³-hybridized carbons (Fsp3) is 0.600. The average molecular weight is 264 g/mol. The van der Waals surface area contributed by atoms with E-state index in [1.165, 1.54) is 12.3 Å². The van der Waals surface area contributed by atoms with Crippen molar-refractivity contribution in [2.24, 2.45) is 0 Å². The molecule has 1 heterocycles. The van der Waals surface area contributed by atoms with Gasteiger partial charge in [0.15, 0.2) is 5.43 Å². The summed E-state index contributed by atoms with van der Waals surface area (Å²) in [5.41, 5.74) is 0.804. The quantitative estimate of drug-likeness (QED) is 0.859. The lowest BCUT2D eigenvalue weighted by Gasteiger charge is -2.28. The third kappa shape index (κ3) is 3.94. The van der Waals surface area contributed by atoms with Crippen molar-refractivity contribution in [3.05, 3.63) is 33.7 Å². The highest BCUT2D eigenvalue weighted by atomic mass is 16.2. The molecule has 1 rings (SSSR count). The molecular weight excluding hydrogens is 240 g/mol. The van der Waals surface area contributed by atoms with Gasteiger partial charge in [-0.1, -0.05) is 20.3 Å². The Morgan fingerprint density at radius 1 is 1.42 bits per heavy atom. The van der Waals surface area contributed by atoms with Crippen molar-refractivity contribution in [3.8, 4) is 0 Å². The third-order valence-corrected chi connectivity index (χ3v) is 3.42. The van der Waals surface area contributed by atoms with Gasteiger partial charge in [-0.05, 0) is 26.7 Å². The Balaban J connectivity index is 3.01. The van der Waals surface area contributed by atoms with Crippen LogP contribution < -0.4 is 5.43 Å². The zero-order chi connectivity index (χ0) is 14.4. The highest BCUT2D eigenvalue weighted by molar-refractivity contribution is 5.94. The first-order chi connectivity index (χ1) is 9.01. The SMILES string of the molecule is CCCCN(C(=O)c1c[nH]c(C)cc1=O)C(C)CC. The van der Waals surface area contributed by atoms with Crippen LogP contribution in [0.1, 0.15) is 56.1 Å². The number of aryl methyl sites for hydroxylation is 1. The van der Waals surface area contributed by atoms with Gasteiger partial charge in [0.05, 0.1) is 0 Å². The standard InChI is InChI=1S/C15H24N2O2/c1-5-7-8-17(12(4)6-2)15(19)13-10-16-11(3)9-14(13)18/h9-10,12H,5-8H2,1-4H3,(H,16,18). The molecule has 1 unspecified atom stereocenters. The molecule has 19 heavy (non-hydrogen) atoms. The number of H-pyrrole nitrogens is 1. The minimum absolute atomic E-state index is 0.153. The molecule has 1 aromatic rings. The number of amides is 1. The lowest BCUT2D eigenvalue weighted by atomic mass is 10.1. The van der Waals surface area contributed by atoms with E-state index in [1.807, 2.05) is 11.8 Å². The summed E-state index contributed by atoms with van der Waals surface area (Å²) in [7, 11) is 0. The molecule has 1 atom stereocenters. The molecule has 0 bridgehead atoms. The summed E-state index contributed by atoms with van der Waals surface area (Å²) in [4.78, 5) is 29.1. The van der Waals surface area contributed by atoms with Crippen molar-refractivity contribution < 1.29 is 4.79 Å². The molecule has 1 N–H and O–H groups in total. The Morgan fingerprint density at radius 3 is 2.63 bits per heavy atom. The highest BCUT2D eigenvalue weighted by Crippen LogP contribution is 2.10. The Labute approximate surface area is 114 Å². The van der Waals surface area contributed by atoms with Crippen LogP contribution in [0, 0.1) is 6.92 Å². The monoisotopic (exact) mass is 264 g/mol. The molecule has 0 saturated carbocycles. The third-order valence-electron chi connectivity index (χ3n) is 3.42. The van der Waals surface area contributed by atoms with E-state index in [-0.39, 0.29) is 22.9 Å². The van der Waals surface area contributed by atoms with Gasteiger partial charge >= 0.3 is 0 Å². The first-order valence-electron chi connectivity index (χ1n) is 7.01. The van der Waals surface area contributed by atoms with E-state index in [0.29, 0.717) is 6.54 Å². The number of hydrogen-bond acceptors (Lipinski definition) is 2. The summed E-state index contributed by atoms with van der Waals surface area (Å²) in [6.07, 6.45) is 4.41. The molecule has 106 valence electrons. The van der Waals surface area contributed by atoms with Crippen molar-refractivity contribution in [1.29, 1.82) is 0 Å². The second-order valence-corrected chi connectivity index (χ2v) is 5.00. The fourth-order valence-electron chi connectivity index (χ4n) is 1.97. The second kappa shape index (κ2) is 7.12. The van der Waals surface area contributed by atoms with Gasteiger partial charge in [0, 0.05) is 30.5 Å². The van der Waals surface area contributed by atoms with E-state index in [2.05, 4.69) is 18.8 Å². The summed E-state index contributed by atoms with van der Waals surface area (Å²) in [5.74, 6) is -0.163. The number of rotatable bonds is 6. The largest absolute Gasteiger partial charge is 0.364 e. The number of pyridine rings is 1. The van der Waals surface area contributed by atoms with Gasteiger partial charge in [0.1, 0.15) is 5.56 Å². The summed E-state index contributed by atoms with van der Waals surface area (Å²) < 4.78 is 0. The molecule has 0 aliphatic rings. The molecule has 0 aromatic carbocycles. The molecule has 1 amide bonds. The number of carbonyl (C=O) groups is 1. The van der Waals surface area contributed by atoms with Gasteiger partial charge in [-0.3, -0.25) is 9.59 Å². The highest BCUT2D eigenvalue weighted by Gasteiger charge is 2.21. The van der Waals surface area contributed by atoms with Crippen molar-refractivity contribution in [2.75, 3.05) is 6.54 Å². The maximum Gasteiger partial charge on any atom is 0.259 e. The predicted octanol–water partition coefficient (Wildman–Crippen LogP) is 2.72. The minimum Gasteiger partial charge on any atom is -0.364 e. The molecule has 0 fully saturated rings. The van der Waals surface area contributed by atoms with E-state index in [9.17, 15) is 9.59 Å². The second-order valence-electron chi connectivity index (χ2n) is 5.00. The van der Waals surface area contributed by atoms with Crippen LogP contribution in [0.15, 0.2) is 17.1 Å². The van der Waals surface area contributed by atoms with Crippen LogP contribution in [0.5, 0.6) is 0 Å². The van der Waals surface area contributed by atoms with Crippen LogP contribution >= 0.6 is 0 Å². The van der Waals surface area contributed by atoms with Crippen LogP contribution in [0.25, 0.3) is 0 Å². The van der Waals surface area contributed by atoms with Crippen LogP contribution in [-0.4, -0.2) is 28.4 Å². The van der Waals surface area contributed by atoms with E-state index >= 15 is 0 Å². The van der Waals surface area contributed by atoms with Crippen LogP contribution in [0.3, 0.4) is 0 Å². The molecular formula is C15H24N2O2. The number of nitrogens with zero attached hydrogens (tertiary/aromatic N) is 1. The molecule has 4 nitrogen and oxygen atoms in total. The van der Waals surface area contributed by atoms with E-state index < -0.39 is 0 Å². The van der Waals surface area contributed by atoms with Gasteiger partial charge < -0.3 is 9.88 Å². The van der Waals surface area contributed by atoms with Gasteiger partial charge in [-0.15, -0.1) is 0 Å². The molecule has 0 radical (unpaired) electrons. The molecule has 0 aliphatic carbocycles. The summed E-state index contributed by atoms with van der Waals surface area (Å²) in [6, 6.07) is 1.63. The lowest BCUT2D eigenvalue weighted by molar-refractivity contribution is 0.0683. The Morgan fingerprint density at radius 2 is 2.11 bits per heavy atom. The number of hydrogen-bond donors (Lipinski definition) is 1. The topological polar surface area (TPSA) is 53.2 Å². The van der Waals surface area contributed by atoms with Crippen molar-refractivity contribution >= 4 is 5.91 Å². The molecule has 0 aliphatic heterocycles. The molecule has 4 heteroatoms. The van der Waals surface area contributed by atoms with E-state index in [4.69, 9.17) is 0 Å². The number of nitrogens with one attached hydrogen (secondary N) is 1. The summed E-state index contributed by atoms with van der Waals surface area (Å²) >= 11 is 0. The zero-order valence-electron chi connectivity index (χ0n) is 12.3. The smallest absolute Gasteiger partial charge is 0.259 e. The van der Waals surface area contributed by atoms with Crippen molar-refractivity contribution in [1.82, 2.24) is 9.88 Å². The average Bonchev–Trinajstić information content (AvgIpc) is 2.38. The normalized spacial score (nSPS) is 12.2. The maximum absolute atomic E-state index is 12.5. The summed E-state index contributed by atoms with van der Waals surface area (Å²) in [5, 5.41) is 0. The van der Waals surface area contributed by atoms with Crippen molar-refractivity contribution in [3.63, 3.8) is 0 Å². The zero-order valence-corrected chi connectivity index (χ0v) is 12.3. The minimum atomic E-state index is -0.203. The maximum atomic E-state index is 12.5. The fourth-order valence-corrected chi connectivity index (χ4v) is 1.97. The number of aromatic nitrogens is 1. The molecule has 0 spiro atoms. The Kier molecular flexibility index (Phi) is 5.80. The number of carbonyl (C=O) groups excluding carboxylic acids is 1. The van der Waals surface area contributed by atoms with Crippen LogP contribution in [0.4, 0.5) is 0 Å². The number of unbranched alkanes of at least 4 members (excludes halogenated alkanes) is 1. The van der Waals surface area contributed by atoms with Crippen molar-refractivity contribution in [2.45, 2.75) is 53.0 Å². The molecule has 0 saturated heterocycles. The van der Waals surface area contributed by atoms with E-state index in [1.54, 1.807) is 6.92 Å². The Hall–Kier alpha value is -1.58. The van der Waals surface area contributed by atoms with Crippen LogP contribution in [0.2, 0.25) is 0 Å². The van der Waals surface area contributed by atoms with Gasteiger partial charge in [0.2, 0.25) is 0 Å².